The number of rotatable bonds is 2. The highest BCUT2D eigenvalue weighted by molar-refractivity contribution is 6.06. The molecule has 0 spiro atoms. The number of carbonyl (C=O) groups excluding carboxylic acids is 3. The van der Waals surface area contributed by atoms with E-state index in [-0.39, 0.29) is 24.4 Å². The molecule has 1 saturated carbocycles. The summed E-state index contributed by atoms with van der Waals surface area (Å²) in [7, 11) is 0. The molecule has 3 amide bonds. The molecule has 2 fully saturated rings. The highest BCUT2D eigenvalue weighted by Crippen LogP contribution is 2.28. The topological polar surface area (TPSA) is 92.5 Å². The third-order valence-corrected chi connectivity index (χ3v) is 4.37. The van der Waals surface area contributed by atoms with Crippen LogP contribution in [-0.4, -0.2) is 40.7 Å². The predicted octanol–water partition coefficient (Wildman–Crippen LogP) is 0.158. The highest BCUT2D eigenvalue weighted by Gasteiger charge is 2.43. The Kier molecular flexibility index (Phi) is 4.13. The molecule has 2 rings (SSSR count). The van der Waals surface area contributed by atoms with Gasteiger partial charge in [-0.15, -0.1) is 0 Å². The van der Waals surface area contributed by atoms with Gasteiger partial charge in [0.05, 0.1) is 0 Å². The lowest BCUT2D eigenvalue weighted by Gasteiger charge is -2.41. The van der Waals surface area contributed by atoms with Gasteiger partial charge in [0.1, 0.15) is 12.1 Å². The van der Waals surface area contributed by atoms with Crippen molar-refractivity contribution < 1.29 is 14.4 Å². The van der Waals surface area contributed by atoms with E-state index in [0.717, 1.165) is 25.7 Å². The molecule has 0 aromatic rings. The van der Waals surface area contributed by atoms with Crippen LogP contribution in [0.3, 0.4) is 0 Å². The standard InChI is InChI=1S/C14H23N3O3/c1-14(2)13(20)16-11(18)8-17(14)12(19)7-9-4-3-5-10(15)6-9/h9-10H,3-8,15H2,1-2H3,(H,16,18,20). The zero-order chi connectivity index (χ0) is 14.9. The van der Waals surface area contributed by atoms with Crippen molar-refractivity contribution in [1.29, 1.82) is 0 Å². The minimum absolute atomic E-state index is 0.0453. The third kappa shape index (κ3) is 3.00. The number of nitrogens with two attached hydrogens (primary N) is 1. The fraction of sp³-hybridized carbons (Fsp3) is 0.786. The van der Waals surface area contributed by atoms with E-state index in [4.69, 9.17) is 5.73 Å². The van der Waals surface area contributed by atoms with E-state index in [2.05, 4.69) is 5.32 Å². The Bertz CT molecular complexity index is 433. The van der Waals surface area contributed by atoms with Crippen LogP contribution in [0.1, 0.15) is 46.0 Å². The summed E-state index contributed by atoms with van der Waals surface area (Å²) in [5.41, 5.74) is 4.96. The summed E-state index contributed by atoms with van der Waals surface area (Å²) in [4.78, 5) is 37.1. The van der Waals surface area contributed by atoms with Crippen LogP contribution in [0.15, 0.2) is 0 Å². The minimum Gasteiger partial charge on any atom is -0.328 e. The van der Waals surface area contributed by atoms with Crippen LogP contribution in [0.25, 0.3) is 0 Å². The average Bonchev–Trinajstić information content (AvgIpc) is 2.34. The normalized spacial score (nSPS) is 30.1. The Morgan fingerprint density at radius 3 is 2.75 bits per heavy atom. The van der Waals surface area contributed by atoms with Gasteiger partial charge in [-0.3, -0.25) is 19.7 Å². The third-order valence-electron chi connectivity index (χ3n) is 4.37. The van der Waals surface area contributed by atoms with E-state index in [9.17, 15) is 14.4 Å². The molecular weight excluding hydrogens is 258 g/mol. The maximum atomic E-state index is 12.4. The monoisotopic (exact) mass is 281 g/mol. The van der Waals surface area contributed by atoms with Gasteiger partial charge in [0.25, 0.3) is 5.91 Å². The summed E-state index contributed by atoms with van der Waals surface area (Å²) in [6.45, 7) is 3.29. The van der Waals surface area contributed by atoms with Gasteiger partial charge in [-0.05, 0) is 39.0 Å². The van der Waals surface area contributed by atoms with Crippen LogP contribution in [0.2, 0.25) is 0 Å². The quantitative estimate of drug-likeness (QED) is 0.705. The molecule has 0 radical (unpaired) electrons. The van der Waals surface area contributed by atoms with Gasteiger partial charge in [0.2, 0.25) is 11.8 Å². The van der Waals surface area contributed by atoms with Crippen LogP contribution in [0, 0.1) is 5.92 Å². The lowest BCUT2D eigenvalue weighted by molar-refractivity contribution is -0.156. The Labute approximate surface area is 119 Å². The number of amides is 3. The van der Waals surface area contributed by atoms with Gasteiger partial charge in [0.15, 0.2) is 0 Å². The summed E-state index contributed by atoms with van der Waals surface area (Å²) in [5, 5.41) is 2.27. The summed E-state index contributed by atoms with van der Waals surface area (Å²) < 4.78 is 0. The molecule has 20 heavy (non-hydrogen) atoms. The maximum absolute atomic E-state index is 12.4. The smallest absolute Gasteiger partial charge is 0.252 e. The molecule has 2 aliphatic rings. The molecule has 0 bridgehead atoms. The van der Waals surface area contributed by atoms with Crippen LogP contribution < -0.4 is 11.1 Å². The van der Waals surface area contributed by atoms with Crippen LogP contribution in [0.4, 0.5) is 0 Å². The molecule has 1 heterocycles. The molecule has 112 valence electrons. The fourth-order valence-corrected chi connectivity index (χ4v) is 3.06. The molecular formula is C14H23N3O3. The molecule has 6 heteroatoms. The second-order valence-corrected chi connectivity index (χ2v) is 6.41. The molecule has 1 aliphatic heterocycles. The van der Waals surface area contributed by atoms with Gasteiger partial charge >= 0.3 is 0 Å². The lowest BCUT2D eigenvalue weighted by atomic mass is 9.83. The highest BCUT2D eigenvalue weighted by atomic mass is 16.2. The van der Waals surface area contributed by atoms with Crippen molar-refractivity contribution in [3.8, 4) is 0 Å². The van der Waals surface area contributed by atoms with Crippen molar-refractivity contribution in [2.75, 3.05) is 6.54 Å². The number of hydrogen-bond donors (Lipinski definition) is 2. The zero-order valence-corrected chi connectivity index (χ0v) is 12.1. The van der Waals surface area contributed by atoms with Gasteiger partial charge in [-0.2, -0.15) is 0 Å². The summed E-state index contributed by atoms with van der Waals surface area (Å²) in [5.74, 6) is -0.690. The molecule has 2 atom stereocenters. The van der Waals surface area contributed by atoms with Gasteiger partial charge in [-0.1, -0.05) is 6.42 Å². The van der Waals surface area contributed by atoms with Crippen molar-refractivity contribution in [3.63, 3.8) is 0 Å². The van der Waals surface area contributed by atoms with E-state index in [0.29, 0.717) is 6.42 Å². The Balaban J connectivity index is 2.03. The fourth-order valence-electron chi connectivity index (χ4n) is 3.06. The summed E-state index contributed by atoms with van der Waals surface area (Å²) in [6.07, 6.45) is 4.27. The largest absolute Gasteiger partial charge is 0.328 e. The molecule has 1 aliphatic carbocycles. The number of nitrogens with zero attached hydrogens (tertiary/aromatic N) is 1. The number of carbonyl (C=O) groups is 3. The molecule has 3 N–H and O–H groups in total. The SMILES string of the molecule is CC1(C)C(=O)NC(=O)CN1C(=O)CC1CCCC(N)C1. The summed E-state index contributed by atoms with van der Waals surface area (Å²) >= 11 is 0. The van der Waals surface area contributed by atoms with E-state index in [1.165, 1.54) is 4.90 Å². The molecule has 6 nitrogen and oxygen atoms in total. The van der Waals surface area contributed by atoms with Crippen LogP contribution in [-0.2, 0) is 14.4 Å². The molecule has 0 aromatic heterocycles. The van der Waals surface area contributed by atoms with Gasteiger partial charge in [-0.25, -0.2) is 0 Å². The van der Waals surface area contributed by atoms with Crippen molar-refractivity contribution in [1.82, 2.24) is 10.2 Å². The first-order valence-corrected chi connectivity index (χ1v) is 7.21. The van der Waals surface area contributed by atoms with Crippen LogP contribution >= 0.6 is 0 Å². The van der Waals surface area contributed by atoms with Crippen molar-refractivity contribution >= 4 is 17.7 Å². The second-order valence-electron chi connectivity index (χ2n) is 6.41. The number of nitrogens with one attached hydrogen (secondary N) is 1. The Hall–Kier alpha value is -1.43. The first kappa shape index (κ1) is 15.0. The van der Waals surface area contributed by atoms with E-state index >= 15 is 0 Å². The zero-order valence-electron chi connectivity index (χ0n) is 12.1. The van der Waals surface area contributed by atoms with Crippen molar-refractivity contribution in [3.05, 3.63) is 0 Å². The van der Waals surface area contributed by atoms with Crippen molar-refractivity contribution in [2.24, 2.45) is 11.7 Å². The van der Waals surface area contributed by atoms with Crippen molar-refractivity contribution in [2.45, 2.75) is 57.5 Å². The first-order chi connectivity index (χ1) is 9.30. The average molecular weight is 281 g/mol. The molecule has 1 saturated heterocycles. The molecule has 2 unspecified atom stereocenters. The lowest BCUT2D eigenvalue weighted by Crippen LogP contribution is -2.65. The predicted molar refractivity (Wildman–Crippen MR) is 73.5 cm³/mol. The van der Waals surface area contributed by atoms with E-state index in [1.54, 1.807) is 13.8 Å². The van der Waals surface area contributed by atoms with Crippen LogP contribution in [0.5, 0.6) is 0 Å². The second kappa shape index (κ2) is 5.52. The Morgan fingerprint density at radius 2 is 2.10 bits per heavy atom. The first-order valence-electron chi connectivity index (χ1n) is 7.21. The number of piperazine rings is 1. The Morgan fingerprint density at radius 1 is 1.40 bits per heavy atom. The van der Waals surface area contributed by atoms with Gasteiger partial charge in [0, 0.05) is 12.5 Å². The van der Waals surface area contributed by atoms with E-state index in [1.807, 2.05) is 0 Å². The molecule has 0 aromatic carbocycles. The summed E-state index contributed by atoms with van der Waals surface area (Å²) in [6, 6.07) is 0.167. The number of imide groups is 1. The minimum atomic E-state index is -0.970. The number of hydrogen-bond acceptors (Lipinski definition) is 4. The van der Waals surface area contributed by atoms with E-state index < -0.39 is 17.4 Å². The van der Waals surface area contributed by atoms with Gasteiger partial charge < -0.3 is 10.6 Å². The maximum Gasteiger partial charge on any atom is 0.252 e.